The smallest absolute Gasteiger partial charge is 0.0863 e. The minimum atomic E-state index is 0.940. The molecule has 0 saturated carbocycles. The van der Waals surface area contributed by atoms with Gasteiger partial charge in [0.25, 0.3) is 0 Å². The van der Waals surface area contributed by atoms with Gasteiger partial charge < -0.3 is 9.80 Å². The molecule has 0 aromatic heterocycles. The van der Waals surface area contributed by atoms with E-state index in [9.17, 15) is 0 Å². The highest BCUT2D eigenvalue weighted by Crippen LogP contribution is 2.32. The molecule has 124 valence electrons. The van der Waals surface area contributed by atoms with Gasteiger partial charge >= 0.3 is 0 Å². The number of benzene rings is 2. The number of hydrogen-bond donors (Lipinski definition) is 0. The number of rotatable bonds is 5. The van der Waals surface area contributed by atoms with Crippen LogP contribution in [0.3, 0.4) is 0 Å². The Hall–Kier alpha value is -2.13. The van der Waals surface area contributed by atoms with Gasteiger partial charge in [0, 0.05) is 25.2 Å². The van der Waals surface area contributed by atoms with Crippen molar-refractivity contribution >= 4 is 17.1 Å². The summed E-state index contributed by atoms with van der Waals surface area (Å²) in [5, 5.41) is 0. The van der Waals surface area contributed by atoms with Crippen LogP contribution in [-0.2, 0) is 6.42 Å². The quantitative estimate of drug-likeness (QED) is 0.832. The number of aliphatic imine (C=N–C) groups is 1. The van der Waals surface area contributed by atoms with E-state index in [2.05, 4.69) is 64.4 Å². The first-order valence-electron chi connectivity index (χ1n) is 9.05. The predicted molar refractivity (Wildman–Crippen MR) is 102 cm³/mol. The fraction of sp³-hybridized carbons (Fsp3) is 0.381. The van der Waals surface area contributed by atoms with Gasteiger partial charge in [0.05, 0.1) is 17.9 Å². The molecule has 0 spiro atoms. The Labute approximate surface area is 144 Å². The van der Waals surface area contributed by atoms with E-state index in [-0.39, 0.29) is 0 Å². The van der Waals surface area contributed by atoms with Gasteiger partial charge in [-0.05, 0) is 43.6 Å². The third-order valence-electron chi connectivity index (χ3n) is 5.01. The number of para-hydroxylation sites is 2. The Morgan fingerprint density at radius 2 is 1.58 bits per heavy atom. The van der Waals surface area contributed by atoms with E-state index in [0.29, 0.717) is 0 Å². The van der Waals surface area contributed by atoms with Crippen molar-refractivity contribution in [3.05, 3.63) is 60.2 Å². The number of likely N-dealkylation sites (tertiary alicyclic amines) is 1. The third-order valence-corrected chi connectivity index (χ3v) is 5.01. The Bertz CT molecular complexity index is 702. The SMILES string of the molecule is c1ccc(CC2=Nc3ccccc3N(CCN3CCCC3)C2)cc1. The molecule has 3 nitrogen and oxygen atoms in total. The van der Waals surface area contributed by atoms with Crippen molar-refractivity contribution in [3.63, 3.8) is 0 Å². The monoisotopic (exact) mass is 319 g/mol. The highest BCUT2D eigenvalue weighted by atomic mass is 15.2. The van der Waals surface area contributed by atoms with Crippen molar-refractivity contribution in [1.82, 2.24) is 4.90 Å². The first-order valence-corrected chi connectivity index (χ1v) is 9.05. The van der Waals surface area contributed by atoms with Crippen LogP contribution in [0.2, 0.25) is 0 Å². The molecule has 1 saturated heterocycles. The lowest BCUT2D eigenvalue weighted by molar-refractivity contribution is 0.346. The Kier molecular flexibility index (Phi) is 4.61. The fourth-order valence-corrected chi connectivity index (χ4v) is 3.73. The van der Waals surface area contributed by atoms with Gasteiger partial charge in [-0.2, -0.15) is 0 Å². The maximum Gasteiger partial charge on any atom is 0.0863 e. The van der Waals surface area contributed by atoms with Crippen LogP contribution in [0.25, 0.3) is 0 Å². The average Bonchev–Trinajstić information content (AvgIpc) is 3.14. The molecule has 4 rings (SSSR count). The summed E-state index contributed by atoms with van der Waals surface area (Å²) < 4.78 is 0. The summed E-state index contributed by atoms with van der Waals surface area (Å²) in [5.41, 5.74) is 5.01. The highest BCUT2D eigenvalue weighted by Gasteiger charge is 2.20. The largest absolute Gasteiger partial charge is 0.363 e. The lowest BCUT2D eigenvalue weighted by Crippen LogP contribution is -2.39. The van der Waals surface area contributed by atoms with Gasteiger partial charge in [-0.3, -0.25) is 4.99 Å². The molecule has 0 N–H and O–H groups in total. The van der Waals surface area contributed by atoms with Crippen LogP contribution in [0.4, 0.5) is 11.4 Å². The first kappa shape index (κ1) is 15.4. The molecule has 0 unspecified atom stereocenters. The summed E-state index contributed by atoms with van der Waals surface area (Å²) in [6.07, 6.45) is 3.66. The van der Waals surface area contributed by atoms with E-state index in [1.54, 1.807) is 0 Å². The summed E-state index contributed by atoms with van der Waals surface area (Å²) in [6, 6.07) is 19.2. The van der Waals surface area contributed by atoms with Gasteiger partial charge in [0.15, 0.2) is 0 Å². The fourth-order valence-electron chi connectivity index (χ4n) is 3.73. The third kappa shape index (κ3) is 3.51. The minimum Gasteiger partial charge on any atom is -0.363 e. The molecular weight excluding hydrogens is 294 g/mol. The molecule has 3 heteroatoms. The Morgan fingerprint density at radius 1 is 0.833 bits per heavy atom. The van der Waals surface area contributed by atoms with Crippen molar-refractivity contribution in [2.24, 2.45) is 4.99 Å². The molecular formula is C21H25N3. The second kappa shape index (κ2) is 7.18. The molecule has 24 heavy (non-hydrogen) atoms. The average molecular weight is 319 g/mol. The standard InChI is InChI=1S/C21H25N3/c1-2-8-18(9-3-1)16-19-17-24(15-14-23-12-6-7-13-23)21-11-5-4-10-20(21)22-19/h1-5,8-11H,6-7,12-17H2. The second-order valence-electron chi connectivity index (χ2n) is 6.80. The summed E-state index contributed by atoms with van der Waals surface area (Å²) in [5.74, 6) is 0. The second-order valence-corrected chi connectivity index (χ2v) is 6.80. The molecule has 0 amide bonds. The normalized spacial score (nSPS) is 17.7. The lowest BCUT2D eigenvalue weighted by Gasteiger charge is -2.32. The van der Waals surface area contributed by atoms with E-state index in [4.69, 9.17) is 4.99 Å². The number of fused-ring (bicyclic) bond motifs is 1. The zero-order valence-electron chi connectivity index (χ0n) is 14.2. The van der Waals surface area contributed by atoms with Crippen LogP contribution in [-0.4, -0.2) is 43.3 Å². The van der Waals surface area contributed by atoms with E-state index in [0.717, 1.165) is 31.7 Å². The van der Waals surface area contributed by atoms with Gasteiger partial charge in [0.1, 0.15) is 0 Å². The Balaban J connectivity index is 1.51. The molecule has 0 atom stereocenters. The molecule has 0 radical (unpaired) electrons. The van der Waals surface area contributed by atoms with E-state index >= 15 is 0 Å². The molecule has 2 aromatic carbocycles. The summed E-state index contributed by atoms with van der Waals surface area (Å²) in [6.45, 7) is 5.72. The van der Waals surface area contributed by atoms with Crippen LogP contribution in [0.15, 0.2) is 59.6 Å². The first-order chi connectivity index (χ1) is 11.9. The molecule has 1 fully saturated rings. The van der Waals surface area contributed by atoms with Crippen LogP contribution in [0.1, 0.15) is 18.4 Å². The summed E-state index contributed by atoms with van der Waals surface area (Å²) in [4.78, 5) is 10.0. The van der Waals surface area contributed by atoms with Crippen molar-refractivity contribution in [2.45, 2.75) is 19.3 Å². The van der Waals surface area contributed by atoms with Crippen molar-refractivity contribution in [1.29, 1.82) is 0 Å². The molecule has 2 aliphatic rings. The van der Waals surface area contributed by atoms with E-state index in [1.165, 1.54) is 42.9 Å². The molecule has 2 aliphatic heterocycles. The van der Waals surface area contributed by atoms with Crippen molar-refractivity contribution < 1.29 is 0 Å². The van der Waals surface area contributed by atoms with Gasteiger partial charge in [0.2, 0.25) is 0 Å². The van der Waals surface area contributed by atoms with Gasteiger partial charge in [-0.1, -0.05) is 42.5 Å². The van der Waals surface area contributed by atoms with Crippen molar-refractivity contribution in [2.75, 3.05) is 37.6 Å². The number of hydrogen-bond acceptors (Lipinski definition) is 3. The predicted octanol–water partition coefficient (Wildman–Crippen LogP) is 3.92. The number of anilines is 1. The summed E-state index contributed by atoms with van der Waals surface area (Å²) >= 11 is 0. The van der Waals surface area contributed by atoms with Crippen LogP contribution < -0.4 is 4.90 Å². The minimum absolute atomic E-state index is 0.940. The number of nitrogens with zero attached hydrogens (tertiary/aromatic N) is 3. The van der Waals surface area contributed by atoms with Crippen LogP contribution in [0, 0.1) is 0 Å². The van der Waals surface area contributed by atoms with Crippen LogP contribution >= 0.6 is 0 Å². The molecule has 0 bridgehead atoms. The van der Waals surface area contributed by atoms with Gasteiger partial charge in [-0.25, -0.2) is 0 Å². The Morgan fingerprint density at radius 3 is 2.42 bits per heavy atom. The van der Waals surface area contributed by atoms with Crippen molar-refractivity contribution in [3.8, 4) is 0 Å². The summed E-state index contributed by atoms with van der Waals surface area (Å²) in [7, 11) is 0. The van der Waals surface area contributed by atoms with E-state index in [1.807, 2.05) is 0 Å². The van der Waals surface area contributed by atoms with Crippen LogP contribution in [0.5, 0.6) is 0 Å². The lowest BCUT2D eigenvalue weighted by atomic mass is 10.1. The molecule has 2 aromatic rings. The van der Waals surface area contributed by atoms with E-state index < -0.39 is 0 Å². The molecule has 0 aliphatic carbocycles. The van der Waals surface area contributed by atoms with Gasteiger partial charge in [-0.15, -0.1) is 0 Å². The maximum atomic E-state index is 4.93. The maximum absolute atomic E-state index is 4.93. The zero-order chi connectivity index (χ0) is 16.2. The zero-order valence-corrected chi connectivity index (χ0v) is 14.2. The molecule has 2 heterocycles. The topological polar surface area (TPSA) is 18.8 Å². The highest BCUT2D eigenvalue weighted by molar-refractivity contribution is 5.97.